The minimum atomic E-state index is -0.252. The number of carbonyl (C=O) groups is 1. The second-order valence-electron chi connectivity index (χ2n) is 4.11. The van der Waals surface area contributed by atoms with Gasteiger partial charge in [0.2, 0.25) is 0 Å². The van der Waals surface area contributed by atoms with Crippen LogP contribution in [0.3, 0.4) is 0 Å². The van der Waals surface area contributed by atoms with Crippen molar-refractivity contribution in [2.24, 2.45) is 0 Å². The second kappa shape index (κ2) is 12.7. The zero-order valence-electron chi connectivity index (χ0n) is 11.7. The lowest BCUT2D eigenvalue weighted by Crippen LogP contribution is -2.03. The van der Waals surface area contributed by atoms with Crippen LogP contribution in [0.4, 0.5) is 0 Å². The summed E-state index contributed by atoms with van der Waals surface area (Å²) < 4.78 is 4.87. The lowest BCUT2D eigenvalue weighted by atomic mass is 10.2. The van der Waals surface area contributed by atoms with Crippen LogP contribution in [0.25, 0.3) is 0 Å². The van der Waals surface area contributed by atoms with Crippen LogP contribution in [0, 0.1) is 0 Å². The van der Waals surface area contributed by atoms with Gasteiger partial charge in [-0.25, -0.2) is 4.79 Å². The molecule has 18 heavy (non-hydrogen) atoms. The van der Waals surface area contributed by atoms with Gasteiger partial charge < -0.3 is 4.74 Å². The summed E-state index contributed by atoms with van der Waals surface area (Å²) in [4.78, 5) is 11.2. The highest BCUT2D eigenvalue weighted by Gasteiger charge is 2.04. The Hall–Kier alpha value is -0.700. The molecule has 104 valence electrons. The first-order valence-corrected chi connectivity index (χ1v) is 7.86. The van der Waals surface area contributed by atoms with Gasteiger partial charge in [0.15, 0.2) is 0 Å². The van der Waals surface area contributed by atoms with E-state index in [9.17, 15) is 4.79 Å². The zero-order valence-corrected chi connectivity index (χ0v) is 12.5. The number of hydrogen-bond donors (Lipinski definition) is 0. The van der Waals surface area contributed by atoms with Gasteiger partial charge in [0.25, 0.3) is 0 Å². The predicted molar refractivity (Wildman–Crippen MR) is 81.0 cm³/mol. The van der Waals surface area contributed by atoms with Gasteiger partial charge >= 0.3 is 5.97 Å². The van der Waals surface area contributed by atoms with Crippen LogP contribution in [0.2, 0.25) is 0 Å². The van der Waals surface area contributed by atoms with Crippen molar-refractivity contribution < 1.29 is 9.53 Å². The minimum absolute atomic E-state index is 0.252. The molecule has 0 spiro atoms. The van der Waals surface area contributed by atoms with Gasteiger partial charge in [0.05, 0.1) is 6.61 Å². The number of unbranched alkanes of at least 4 members (excludes halogenated alkanes) is 3. The standard InChI is InChI=1S/C15H26O2S/c1-4-7-8-9-13-18-14(10-5-2)11-12-15(16)17-6-3/h5,11-12,14H,2,4,6-10,13H2,1,3H3/b12-11+/t14-/m0/s1. The van der Waals surface area contributed by atoms with Crippen molar-refractivity contribution in [3.63, 3.8) is 0 Å². The number of thioether (sulfide) groups is 1. The van der Waals surface area contributed by atoms with Crippen LogP contribution in [0.15, 0.2) is 24.8 Å². The number of hydrogen-bond acceptors (Lipinski definition) is 3. The normalized spacial score (nSPS) is 12.6. The van der Waals surface area contributed by atoms with Gasteiger partial charge in [-0.3, -0.25) is 0 Å². The molecule has 0 aromatic rings. The number of carbonyl (C=O) groups excluding carboxylic acids is 1. The van der Waals surface area contributed by atoms with Crippen LogP contribution in [0.1, 0.15) is 46.0 Å². The van der Waals surface area contributed by atoms with Crippen molar-refractivity contribution in [2.75, 3.05) is 12.4 Å². The zero-order chi connectivity index (χ0) is 13.6. The molecule has 0 saturated carbocycles. The summed E-state index contributed by atoms with van der Waals surface area (Å²) in [5, 5.41) is 0.341. The van der Waals surface area contributed by atoms with Gasteiger partial charge in [0.1, 0.15) is 0 Å². The summed E-state index contributed by atoms with van der Waals surface area (Å²) in [5.74, 6) is 0.893. The third-order valence-corrected chi connectivity index (χ3v) is 3.76. The summed E-state index contributed by atoms with van der Waals surface area (Å²) in [6, 6.07) is 0. The molecule has 0 amide bonds. The molecule has 3 heteroatoms. The Kier molecular flexibility index (Phi) is 12.3. The SMILES string of the molecule is C=CC[C@@H](/C=C/C(=O)OCC)SCCCCCC. The first-order valence-electron chi connectivity index (χ1n) is 6.82. The third kappa shape index (κ3) is 10.5. The Balaban J connectivity index is 3.90. The van der Waals surface area contributed by atoms with Gasteiger partial charge in [0, 0.05) is 11.3 Å². The fourth-order valence-corrected chi connectivity index (χ4v) is 2.64. The number of rotatable bonds is 11. The number of ether oxygens (including phenoxy) is 1. The number of allylic oxidation sites excluding steroid dienone is 1. The third-order valence-electron chi connectivity index (χ3n) is 2.46. The molecule has 0 N–H and O–H groups in total. The Morgan fingerprint density at radius 3 is 2.72 bits per heavy atom. The van der Waals surface area contributed by atoms with E-state index in [1.54, 1.807) is 0 Å². The largest absolute Gasteiger partial charge is 0.463 e. The second-order valence-corrected chi connectivity index (χ2v) is 5.45. The van der Waals surface area contributed by atoms with Crippen molar-refractivity contribution in [3.05, 3.63) is 24.8 Å². The van der Waals surface area contributed by atoms with E-state index in [2.05, 4.69) is 13.5 Å². The van der Waals surface area contributed by atoms with E-state index in [-0.39, 0.29) is 5.97 Å². The molecule has 0 aliphatic heterocycles. The molecule has 0 aromatic carbocycles. The first kappa shape index (κ1) is 17.3. The highest BCUT2D eigenvalue weighted by atomic mass is 32.2. The van der Waals surface area contributed by atoms with Crippen molar-refractivity contribution in [3.8, 4) is 0 Å². The predicted octanol–water partition coefficient (Wildman–Crippen LogP) is 4.36. The maximum Gasteiger partial charge on any atom is 0.330 e. The molecule has 0 unspecified atom stereocenters. The highest BCUT2D eigenvalue weighted by molar-refractivity contribution is 8.00. The highest BCUT2D eigenvalue weighted by Crippen LogP contribution is 2.19. The summed E-state index contributed by atoms with van der Waals surface area (Å²) in [6.07, 6.45) is 11.4. The van der Waals surface area contributed by atoms with Gasteiger partial charge in [-0.15, -0.1) is 6.58 Å². The van der Waals surface area contributed by atoms with Crippen LogP contribution in [-0.2, 0) is 9.53 Å². The quantitative estimate of drug-likeness (QED) is 0.241. The van der Waals surface area contributed by atoms with E-state index in [0.29, 0.717) is 11.9 Å². The van der Waals surface area contributed by atoms with E-state index < -0.39 is 0 Å². The van der Waals surface area contributed by atoms with Crippen LogP contribution < -0.4 is 0 Å². The maximum atomic E-state index is 11.2. The lowest BCUT2D eigenvalue weighted by Gasteiger charge is -2.09. The van der Waals surface area contributed by atoms with Crippen molar-refractivity contribution in [2.45, 2.75) is 51.2 Å². The Morgan fingerprint density at radius 1 is 1.33 bits per heavy atom. The van der Waals surface area contributed by atoms with Crippen molar-refractivity contribution in [1.82, 2.24) is 0 Å². The van der Waals surface area contributed by atoms with Crippen LogP contribution in [0.5, 0.6) is 0 Å². The molecule has 0 aliphatic rings. The Morgan fingerprint density at radius 2 is 2.11 bits per heavy atom. The van der Waals surface area contributed by atoms with Crippen LogP contribution in [-0.4, -0.2) is 23.6 Å². The molecule has 0 aliphatic carbocycles. The molecule has 0 radical (unpaired) electrons. The van der Waals surface area contributed by atoms with Crippen molar-refractivity contribution >= 4 is 17.7 Å². The maximum absolute atomic E-state index is 11.2. The summed E-state index contributed by atoms with van der Waals surface area (Å²) in [7, 11) is 0. The molecule has 0 rings (SSSR count). The molecule has 0 heterocycles. The first-order chi connectivity index (χ1) is 8.74. The Labute approximate surface area is 116 Å². The van der Waals surface area contributed by atoms with E-state index in [1.807, 2.05) is 30.8 Å². The topological polar surface area (TPSA) is 26.3 Å². The number of esters is 1. The average Bonchev–Trinajstić information content (AvgIpc) is 2.36. The van der Waals surface area contributed by atoms with Gasteiger partial charge in [-0.1, -0.05) is 38.3 Å². The summed E-state index contributed by atoms with van der Waals surface area (Å²) >= 11 is 1.89. The van der Waals surface area contributed by atoms with E-state index >= 15 is 0 Å². The summed E-state index contributed by atoms with van der Waals surface area (Å²) in [5.41, 5.74) is 0. The van der Waals surface area contributed by atoms with Crippen molar-refractivity contribution in [1.29, 1.82) is 0 Å². The van der Waals surface area contributed by atoms with Gasteiger partial charge in [-0.2, -0.15) is 11.8 Å². The minimum Gasteiger partial charge on any atom is -0.463 e. The fourth-order valence-electron chi connectivity index (χ4n) is 1.51. The molecule has 0 bridgehead atoms. The molecule has 0 fully saturated rings. The van der Waals surface area contributed by atoms with Crippen LogP contribution >= 0.6 is 11.8 Å². The smallest absolute Gasteiger partial charge is 0.330 e. The fraction of sp³-hybridized carbons (Fsp3) is 0.667. The lowest BCUT2D eigenvalue weighted by molar-refractivity contribution is -0.137. The van der Waals surface area contributed by atoms with Gasteiger partial charge in [-0.05, 0) is 25.5 Å². The molecule has 0 aromatic heterocycles. The Bertz CT molecular complexity index is 249. The molecule has 0 saturated heterocycles. The molecular formula is C15H26O2S. The summed E-state index contributed by atoms with van der Waals surface area (Å²) in [6.45, 7) is 8.22. The molecule has 1 atom stereocenters. The monoisotopic (exact) mass is 270 g/mol. The van der Waals surface area contributed by atoms with E-state index in [4.69, 9.17) is 4.74 Å². The molecular weight excluding hydrogens is 244 g/mol. The molecule has 2 nitrogen and oxygen atoms in total. The van der Waals surface area contributed by atoms with E-state index in [1.165, 1.54) is 31.8 Å². The van der Waals surface area contributed by atoms with E-state index in [0.717, 1.165) is 12.2 Å². The average molecular weight is 270 g/mol.